The Morgan fingerprint density at radius 3 is 2.27 bits per heavy atom. The molecule has 0 atom stereocenters. The van der Waals surface area contributed by atoms with Gasteiger partial charge < -0.3 is 10.6 Å². The van der Waals surface area contributed by atoms with Crippen LogP contribution in [-0.2, 0) is 10.0 Å². The lowest BCUT2D eigenvalue weighted by molar-refractivity contribution is 0.252. The SMILES string of the molecule is Cc1ccc(S(=O)(=O)NCNC(=O)Nc2ccccc2)cc1. The summed E-state index contributed by atoms with van der Waals surface area (Å²) in [5.74, 6) is 0. The van der Waals surface area contributed by atoms with Crippen LogP contribution in [0.5, 0.6) is 0 Å². The highest BCUT2D eigenvalue weighted by atomic mass is 32.2. The molecule has 0 aliphatic rings. The first-order chi connectivity index (χ1) is 10.5. The van der Waals surface area contributed by atoms with Crippen molar-refractivity contribution in [3.05, 3.63) is 60.2 Å². The number of hydrogen-bond acceptors (Lipinski definition) is 3. The number of para-hydroxylation sites is 1. The van der Waals surface area contributed by atoms with E-state index in [2.05, 4.69) is 15.4 Å². The van der Waals surface area contributed by atoms with Gasteiger partial charge >= 0.3 is 6.03 Å². The van der Waals surface area contributed by atoms with E-state index in [9.17, 15) is 13.2 Å². The summed E-state index contributed by atoms with van der Waals surface area (Å²) in [6, 6.07) is 14.8. The molecule has 3 N–H and O–H groups in total. The van der Waals surface area contributed by atoms with Gasteiger partial charge in [0.05, 0.1) is 11.6 Å². The zero-order valence-electron chi connectivity index (χ0n) is 12.0. The number of aryl methyl sites for hydroxylation is 1. The highest BCUT2D eigenvalue weighted by molar-refractivity contribution is 7.89. The summed E-state index contributed by atoms with van der Waals surface area (Å²) in [5.41, 5.74) is 1.60. The van der Waals surface area contributed by atoms with Gasteiger partial charge in [-0.2, -0.15) is 4.72 Å². The van der Waals surface area contributed by atoms with Crippen molar-refractivity contribution in [2.45, 2.75) is 11.8 Å². The van der Waals surface area contributed by atoms with Crippen molar-refractivity contribution < 1.29 is 13.2 Å². The van der Waals surface area contributed by atoms with E-state index >= 15 is 0 Å². The van der Waals surface area contributed by atoms with E-state index in [1.165, 1.54) is 12.1 Å². The number of anilines is 1. The smallest absolute Gasteiger partial charge is 0.320 e. The van der Waals surface area contributed by atoms with Crippen LogP contribution in [0.15, 0.2) is 59.5 Å². The van der Waals surface area contributed by atoms with Gasteiger partial charge in [-0.3, -0.25) is 0 Å². The molecule has 6 nitrogen and oxygen atoms in total. The summed E-state index contributed by atoms with van der Waals surface area (Å²) in [5, 5.41) is 5.02. The molecule has 22 heavy (non-hydrogen) atoms. The standard InChI is InChI=1S/C15H17N3O3S/c1-12-7-9-14(10-8-12)22(20,21)17-11-16-15(19)18-13-5-3-2-4-6-13/h2-10,17H,11H2,1H3,(H2,16,18,19). The van der Waals surface area contributed by atoms with Gasteiger partial charge in [-0.25, -0.2) is 13.2 Å². The molecule has 2 aromatic carbocycles. The Morgan fingerprint density at radius 1 is 1.00 bits per heavy atom. The monoisotopic (exact) mass is 319 g/mol. The third-order valence-electron chi connectivity index (χ3n) is 2.87. The highest BCUT2D eigenvalue weighted by Gasteiger charge is 2.13. The fourth-order valence-electron chi connectivity index (χ4n) is 1.71. The molecule has 0 heterocycles. The second-order valence-corrected chi connectivity index (χ2v) is 6.40. The summed E-state index contributed by atoms with van der Waals surface area (Å²) in [4.78, 5) is 11.8. The molecule has 116 valence electrons. The predicted octanol–water partition coefficient (Wildman–Crippen LogP) is 2.05. The van der Waals surface area contributed by atoms with Gasteiger partial charge in [-0.15, -0.1) is 0 Å². The van der Waals surface area contributed by atoms with Crippen LogP contribution in [-0.4, -0.2) is 21.1 Å². The van der Waals surface area contributed by atoms with Gasteiger partial charge in [0, 0.05) is 5.69 Å². The van der Waals surface area contributed by atoms with Crippen LogP contribution < -0.4 is 15.4 Å². The van der Waals surface area contributed by atoms with Crippen LogP contribution in [0, 0.1) is 6.92 Å². The van der Waals surface area contributed by atoms with Crippen molar-refractivity contribution >= 4 is 21.7 Å². The predicted molar refractivity (Wildman–Crippen MR) is 85.0 cm³/mol. The zero-order valence-corrected chi connectivity index (χ0v) is 12.9. The molecule has 0 unspecified atom stereocenters. The number of sulfonamides is 1. The molecule has 0 aromatic heterocycles. The van der Waals surface area contributed by atoms with Crippen LogP contribution >= 0.6 is 0 Å². The summed E-state index contributed by atoms with van der Waals surface area (Å²) >= 11 is 0. The van der Waals surface area contributed by atoms with E-state index in [1.807, 2.05) is 13.0 Å². The molecule has 0 saturated heterocycles. The number of benzene rings is 2. The normalized spacial score (nSPS) is 11.0. The number of nitrogens with one attached hydrogen (secondary N) is 3. The van der Waals surface area contributed by atoms with Gasteiger partial charge in [0.25, 0.3) is 0 Å². The Balaban J connectivity index is 1.85. The third kappa shape index (κ3) is 4.57. The summed E-state index contributed by atoms with van der Waals surface area (Å²) in [6.07, 6.45) is 0. The highest BCUT2D eigenvalue weighted by Crippen LogP contribution is 2.09. The Morgan fingerprint density at radius 2 is 1.64 bits per heavy atom. The second kappa shape index (κ2) is 7.06. The maximum Gasteiger partial charge on any atom is 0.320 e. The Bertz CT molecular complexity index is 728. The number of carbonyl (C=O) groups excluding carboxylic acids is 1. The molecule has 0 aliphatic heterocycles. The average Bonchev–Trinajstić information content (AvgIpc) is 2.48. The molecule has 2 aromatic rings. The number of hydrogen-bond donors (Lipinski definition) is 3. The van der Waals surface area contributed by atoms with Gasteiger partial charge in [0.1, 0.15) is 0 Å². The fraction of sp³-hybridized carbons (Fsp3) is 0.133. The van der Waals surface area contributed by atoms with Crippen molar-refractivity contribution in [1.82, 2.24) is 10.0 Å². The van der Waals surface area contributed by atoms with E-state index in [-0.39, 0.29) is 11.6 Å². The van der Waals surface area contributed by atoms with Crippen LogP contribution in [0.1, 0.15) is 5.56 Å². The zero-order chi connectivity index (χ0) is 16.0. The molecule has 0 fully saturated rings. The summed E-state index contributed by atoms with van der Waals surface area (Å²) in [7, 11) is -3.64. The van der Waals surface area contributed by atoms with Crippen molar-refractivity contribution in [2.75, 3.05) is 12.0 Å². The first-order valence-corrected chi connectivity index (χ1v) is 8.12. The van der Waals surface area contributed by atoms with Gasteiger partial charge in [-0.1, -0.05) is 35.9 Å². The van der Waals surface area contributed by atoms with E-state index < -0.39 is 16.1 Å². The van der Waals surface area contributed by atoms with Crippen LogP contribution in [0.3, 0.4) is 0 Å². The molecule has 0 radical (unpaired) electrons. The van der Waals surface area contributed by atoms with E-state index in [1.54, 1.807) is 36.4 Å². The minimum absolute atomic E-state index is 0.156. The minimum atomic E-state index is -3.64. The van der Waals surface area contributed by atoms with Crippen molar-refractivity contribution in [3.63, 3.8) is 0 Å². The maximum atomic E-state index is 12.0. The Labute approximate surface area is 129 Å². The molecular weight excluding hydrogens is 302 g/mol. The molecule has 2 amide bonds. The van der Waals surface area contributed by atoms with E-state index in [4.69, 9.17) is 0 Å². The fourth-order valence-corrected chi connectivity index (χ4v) is 2.63. The van der Waals surface area contributed by atoms with Gasteiger partial charge in [0.15, 0.2) is 0 Å². The van der Waals surface area contributed by atoms with E-state index in [0.717, 1.165) is 5.56 Å². The number of urea groups is 1. The van der Waals surface area contributed by atoms with Crippen molar-refractivity contribution in [2.24, 2.45) is 0 Å². The molecule has 0 saturated carbocycles. The largest absolute Gasteiger partial charge is 0.324 e. The number of amides is 2. The molecule has 0 spiro atoms. The van der Waals surface area contributed by atoms with Crippen molar-refractivity contribution in [1.29, 1.82) is 0 Å². The molecule has 2 rings (SSSR count). The lowest BCUT2D eigenvalue weighted by Crippen LogP contribution is -2.39. The van der Waals surface area contributed by atoms with E-state index in [0.29, 0.717) is 5.69 Å². The first kappa shape index (κ1) is 16.0. The summed E-state index contributed by atoms with van der Waals surface area (Å²) in [6.45, 7) is 1.67. The quantitative estimate of drug-likeness (QED) is 0.737. The van der Waals surface area contributed by atoms with Crippen LogP contribution in [0.25, 0.3) is 0 Å². The molecular formula is C15H17N3O3S. The summed E-state index contributed by atoms with van der Waals surface area (Å²) < 4.78 is 26.3. The van der Waals surface area contributed by atoms with Gasteiger partial charge in [0.2, 0.25) is 10.0 Å². The third-order valence-corrected chi connectivity index (χ3v) is 4.29. The Kier molecular flexibility index (Phi) is 5.13. The lowest BCUT2D eigenvalue weighted by atomic mass is 10.2. The molecule has 0 bridgehead atoms. The topological polar surface area (TPSA) is 87.3 Å². The minimum Gasteiger partial charge on any atom is -0.324 e. The van der Waals surface area contributed by atoms with Crippen molar-refractivity contribution in [3.8, 4) is 0 Å². The Hall–Kier alpha value is -2.38. The van der Waals surface area contributed by atoms with Gasteiger partial charge in [-0.05, 0) is 31.2 Å². The first-order valence-electron chi connectivity index (χ1n) is 6.63. The molecule has 7 heteroatoms. The van der Waals surface area contributed by atoms with Crippen LogP contribution in [0.4, 0.5) is 10.5 Å². The number of carbonyl (C=O) groups is 1. The maximum absolute atomic E-state index is 12.0. The average molecular weight is 319 g/mol. The number of rotatable bonds is 5. The van der Waals surface area contributed by atoms with Crippen LogP contribution in [0.2, 0.25) is 0 Å². The lowest BCUT2D eigenvalue weighted by Gasteiger charge is -2.09. The second-order valence-electron chi connectivity index (χ2n) is 4.63. The molecule has 0 aliphatic carbocycles.